The number of rotatable bonds is 8. The molecular formula is C21H25F3N4O2. The molecule has 2 aromatic carbocycles. The highest BCUT2D eigenvalue weighted by Gasteiger charge is 2.31. The van der Waals surface area contributed by atoms with Crippen LogP contribution in [0.3, 0.4) is 0 Å². The van der Waals surface area contributed by atoms with Gasteiger partial charge in [-0.3, -0.25) is 4.90 Å². The van der Waals surface area contributed by atoms with E-state index in [1.54, 1.807) is 30.3 Å². The quantitative estimate of drug-likeness (QED) is 0.533. The van der Waals surface area contributed by atoms with Crippen LogP contribution in [0.4, 0.5) is 34.1 Å². The molecule has 0 aliphatic heterocycles. The maximum absolute atomic E-state index is 13.1. The van der Waals surface area contributed by atoms with Crippen LogP contribution in [-0.2, 0) is 6.18 Å². The average molecular weight is 422 g/mol. The number of benzene rings is 2. The minimum Gasteiger partial charge on any atom is -0.338 e. The summed E-state index contributed by atoms with van der Waals surface area (Å²) < 4.78 is 39.3. The second kappa shape index (κ2) is 11.1. The molecule has 0 saturated heterocycles. The van der Waals surface area contributed by atoms with Crippen molar-refractivity contribution in [3.05, 3.63) is 60.2 Å². The molecule has 6 nitrogen and oxygen atoms in total. The molecule has 0 aliphatic rings. The molecule has 30 heavy (non-hydrogen) atoms. The highest BCUT2D eigenvalue weighted by molar-refractivity contribution is 6.01. The molecule has 4 amide bonds. The van der Waals surface area contributed by atoms with E-state index in [0.717, 1.165) is 29.9 Å². The first-order valence-corrected chi connectivity index (χ1v) is 9.63. The van der Waals surface area contributed by atoms with E-state index in [0.29, 0.717) is 12.2 Å². The Labute approximate surface area is 173 Å². The third kappa shape index (κ3) is 7.31. The second-order valence-corrected chi connectivity index (χ2v) is 6.53. The first-order chi connectivity index (χ1) is 14.3. The summed E-state index contributed by atoms with van der Waals surface area (Å²) in [5.74, 6) is 0. The molecule has 0 aromatic heterocycles. The van der Waals surface area contributed by atoms with Crippen LogP contribution in [0.15, 0.2) is 54.6 Å². The van der Waals surface area contributed by atoms with E-state index < -0.39 is 23.8 Å². The Kier molecular flexibility index (Phi) is 8.52. The minimum absolute atomic E-state index is 0.0127. The summed E-state index contributed by atoms with van der Waals surface area (Å²) in [6.07, 6.45) is -2.76. The van der Waals surface area contributed by atoms with Crippen molar-refractivity contribution < 1.29 is 22.8 Å². The minimum atomic E-state index is -4.53. The number of carbonyl (C=O) groups excluding carboxylic acids is 2. The van der Waals surface area contributed by atoms with Crippen LogP contribution in [0.5, 0.6) is 0 Å². The van der Waals surface area contributed by atoms with Gasteiger partial charge in [-0.25, -0.2) is 9.59 Å². The van der Waals surface area contributed by atoms with Gasteiger partial charge in [0.1, 0.15) is 0 Å². The SMILES string of the molecule is CCCCNC(=O)NCCN(C(=O)Nc1ccccc1)c1cccc(C(F)(F)F)c1. The molecule has 0 bridgehead atoms. The average Bonchev–Trinajstić information content (AvgIpc) is 2.71. The van der Waals surface area contributed by atoms with Crippen LogP contribution in [-0.4, -0.2) is 31.7 Å². The van der Waals surface area contributed by atoms with Gasteiger partial charge in [-0.15, -0.1) is 0 Å². The van der Waals surface area contributed by atoms with Crippen molar-refractivity contribution in [2.24, 2.45) is 0 Å². The Balaban J connectivity index is 2.12. The van der Waals surface area contributed by atoms with Gasteiger partial charge < -0.3 is 16.0 Å². The van der Waals surface area contributed by atoms with E-state index in [1.807, 2.05) is 6.92 Å². The molecule has 0 unspecified atom stereocenters. The van der Waals surface area contributed by atoms with Gasteiger partial charge in [0.2, 0.25) is 0 Å². The maximum Gasteiger partial charge on any atom is 0.416 e. The van der Waals surface area contributed by atoms with Crippen LogP contribution < -0.4 is 20.9 Å². The first kappa shape index (κ1) is 23.1. The zero-order chi connectivity index (χ0) is 22.0. The lowest BCUT2D eigenvalue weighted by Crippen LogP contribution is -2.43. The highest BCUT2D eigenvalue weighted by Crippen LogP contribution is 2.31. The maximum atomic E-state index is 13.1. The molecule has 0 fully saturated rings. The van der Waals surface area contributed by atoms with E-state index in [2.05, 4.69) is 16.0 Å². The number of hydrogen-bond donors (Lipinski definition) is 3. The smallest absolute Gasteiger partial charge is 0.338 e. The summed E-state index contributed by atoms with van der Waals surface area (Å²) in [4.78, 5) is 25.7. The Morgan fingerprint density at radius 2 is 1.67 bits per heavy atom. The molecule has 162 valence electrons. The van der Waals surface area contributed by atoms with Gasteiger partial charge >= 0.3 is 18.2 Å². The standard InChI is InChI=1S/C21H25F3N4O2/c1-2-3-12-25-19(29)26-13-14-28(20(30)27-17-9-5-4-6-10-17)18-11-7-8-16(15-18)21(22,23)24/h4-11,15H,2-3,12-14H2,1H3,(H,27,30)(H2,25,26,29). The Morgan fingerprint density at radius 1 is 0.967 bits per heavy atom. The molecule has 0 aliphatic carbocycles. The number of hydrogen-bond acceptors (Lipinski definition) is 2. The summed E-state index contributed by atoms with van der Waals surface area (Å²) in [6.45, 7) is 2.57. The van der Waals surface area contributed by atoms with Gasteiger partial charge in [-0.1, -0.05) is 37.6 Å². The molecule has 0 atom stereocenters. The number of carbonyl (C=O) groups is 2. The molecule has 0 spiro atoms. The van der Waals surface area contributed by atoms with Crippen LogP contribution >= 0.6 is 0 Å². The fraction of sp³-hybridized carbons (Fsp3) is 0.333. The fourth-order valence-corrected chi connectivity index (χ4v) is 2.63. The van der Waals surface area contributed by atoms with Crippen LogP contribution in [0.1, 0.15) is 25.3 Å². The van der Waals surface area contributed by atoms with Crippen molar-refractivity contribution in [1.29, 1.82) is 0 Å². The van der Waals surface area contributed by atoms with Crippen molar-refractivity contribution in [2.45, 2.75) is 25.9 Å². The van der Waals surface area contributed by atoms with Gasteiger partial charge in [0.25, 0.3) is 0 Å². The van der Waals surface area contributed by atoms with Crippen molar-refractivity contribution in [3.63, 3.8) is 0 Å². The Morgan fingerprint density at radius 3 is 2.33 bits per heavy atom. The largest absolute Gasteiger partial charge is 0.416 e. The van der Waals surface area contributed by atoms with Crippen LogP contribution in [0, 0.1) is 0 Å². The molecule has 0 heterocycles. The van der Waals surface area contributed by atoms with E-state index in [-0.39, 0.29) is 18.8 Å². The lowest BCUT2D eigenvalue weighted by Gasteiger charge is -2.24. The van der Waals surface area contributed by atoms with Gasteiger partial charge in [0, 0.05) is 31.0 Å². The van der Waals surface area contributed by atoms with Crippen molar-refractivity contribution in [3.8, 4) is 0 Å². The summed E-state index contributed by atoms with van der Waals surface area (Å²) in [5.41, 5.74) is -0.279. The van der Waals surface area contributed by atoms with Gasteiger partial charge in [-0.05, 0) is 36.8 Å². The van der Waals surface area contributed by atoms with Gasteiger partial charge in [-0.2, -0.15) is 13.2 Å². The first-order valence-electron chi connectivity index (χ1n) is 9.63. The number of unbranched alkanes of at least 4 members (excludes halogenated alkanes) is 1. The third-order valence-electron chi connectivity index (χ3n) is 4.19. The predicted molar refractivity (Wildman–Crippen MR) is 111 cm³/mol. The number of halogens is 3. The fourth-order valence-electron chi connectivity index (χ4n) is 2.63. The number of para-hydroxylation sites is 1. The molecule has 3 N–H and O–H groups in total. The highest BCUT2D eigenvalue weighted by atomic mass is 19.4. The summed E-state index contributed by atoms with van der Waals surface area (Å²) in [5, 5.41) is 7.94. The number of nitrogens with zero attached hydrogens (tertiary/aromatic N) is 1. The lowest BCUT2D eigenvalue weighted by molar-refractivity contribution is -0.137. The Bertz CT molecular complexity index is 829. The number of urea groups is 2. The second-order valence-electron chi connectivity index (χ2n) is 6.53. The number of anilines is 2. The predicted octanol–water partition coefficient (Wildman–Crippen LogP) is 4.84. The van der Waals surface area contributed by atoms with Crippen molar-refractivity contribution in [1.82, 2.24) is 10.6 Å². The molecule has 0 saturated carbocycles. The number of nitrogens with one attached hydrogen (secondary N) is 3. The molecule has 0 radical (unpaired) electrons. The molecule has 2 rings (SSSR count). The van der Waals surface area contributed by atoms with E-state index in [9.17, 15) is 22.8 Å². The monoisotopic (exact) mass is 422 g/mol. The number of alkyl halides is 3. The van der Waals surface area contributed by atoms with E-state index in [4.69, 9.17) is 0 Å². The molecule has 9 heteroatoms. The summed E-state index contributed by atoms with van der Waals surface area (Å²) in [7, 11) is 0. The zero-order valence-electron chi connectivity index (χ0n) is 16.6. The number of amides is 4. The van der Waals surface area contributed by atoms with E-state index >= 15 is 0 Å². The van der Waals surface area contributed by atoms with Crippen molar-refractivity contribution >= 4 is 23.4 Å². The van der Waals surface area contributed by atoms with Crippen LogP contribution in [0.25, 0.3) is 0 Å². The van der Waals surface area contributed by atoms with Gasteiger partial charge in [0.05, 0.1) is 5.56 Å². The summed E-state index contributed by atoms with van der Waals surface area (Å²) >= 11 is 0. The lowest BCUT2D eigenvalue weighted by atomic mass is 10.2. The third-order valence-corrected chi connectivity index (χ3v) is 4.19. The molecule has 2 aromatic rings. The van der Waals surface area contributed by atoms with E-state index in [1.165, 1.54) is 12.1 Å². The molecular weight excluding hydrogens is 397 g/mol. The Hall–Kier alpha value is -3.23. The zero-order valence-corrected chi connectivity index (χ0v) is 16.6. The van der Waals surface area contributed by atoms with Gasteiger partial charge in [0.15, 0.2) is 0 Å². The van der Waals surface area contributed by atoms with Crippen LogP contribution in [0.2, 0.25) is 0 Å². The normalized spacial score (nSPS) is 10.9. The topological polar surface area (TPSA) is 73.5 Å². The van der Waals surface area contributed by atoms with Crippen molar-refractivity contribution in [2.75, 3.05) is 29.9 Å². The summed E-state index contributed by atoms with van der Waals surface area (Å²) in [6, 6.07) is 12.1.